The van der Waals surface area contributed by atoms with Crippen molar-refractivity contribution in [1.82, 2.24) is 5.32 Å². The molecule has 30 heavy (non-hydrogen) atoms. The van der Waals surface area contributed by atoms with Crippen LogP contribution in [-0.4, -0.2) is 16.8 Å². The van der Waals surface area contributed by atoms with E-state index in [-0.39, 0.29) is 11.0 Å². The molecule has 0 aliphatic heterocycles. The summed E-state index contributed by atoms with van der Waals surface area (Å²) in [6.45, 7) is 0.416. The number of carbonyl (C=O) groups excluding carboxylic acids is 1. The molecule has 0 aliphatic rings. The number of thioether (sulfide) groups is 1. The van der Waals surface area contributed by atoms with Crippen molar-refractivity contribution in [1.29, 1.82) is 0 Å². The summed E-state index contributed by atoms with van der Waals surface area (Å²) in [5.74, 6) is -2.69. The first-order valence-corrected chi connectivity index (χ1v) is 10.3. The highest BCUT2D eigenvalue weighted by molar-refractivity contribution is 7.99. The van der Waals surface area contributed by atoms with E-state index in [1.807, 2.05) is 30.3 Å². The molecule has 0 spiro atoms. The summed E-state index contributed by atoms with van der Waals surface area (Å²) < 4.78 is 24.8. The quantitative estimate of drug-likeness (QED) is 0.321. The number of carbonyl (C=O) groups is 1. The van der Waals surface area contributed by atoms with Crippen LogP contribution in [0, 0.1) is 0 Å². The van der Waals surface area contributed by atoms with E-state index in [0.717, 1.165) is 5.56 Å². The van der Waals surface area contributed by atoms with Gasteiger partial charge >= 0.3 is 0 Å². The van der Waals surface area contributed by atoms with Crippen LogP contribution in [-0.2, 0) is 6.54 Å². The van der Waals surface area contributed by atoms with Crippen molar-refractivity contribution in [3.8, 4) is 0 Å². The van der Waals surface area contributed by atoms with Crippen LogP contribution in [0.4, 0.5) is 20.2 Å². The normalized spacial score (nSPS) is 10.5. The maximum atomic E-state index is 12.6. The molecule has 1 amide bonds. The molecule has 8 heteroatoms. The van der Waals surface area contributed by atoms with Crippen LogP contribution in [0.3, 0.4) is 0 Å². The zero-order valence-electron chi connectivity index (χ0n) is 15.8. The number of benzene rings is 3. The van der Waals surface area contributed by atoms with Crippen molar-refractivity contribution >= 4 is 46.4 Å². The van der Waals surface area contributed by atoms with Crippen LogP contribution in [0.25, 0.3) is 0 Å². The average molecular weight is 444 g/mol. The highest BCUT2D eigenvalue weighted by atomic mass is 32.2. The lowest BCUT2D eigenvalue weighted by Gasteiger charge is -2.14. The zero-order chi connectivity index (χ0) is 21.3. The van der Waals surface area contributed by atoms with Crippen LogP contribution in [0.5, 0.6) is 0 Å². The fourth-order valence-corrected chi connectivity index (χ4v) is 3.39. The SMILES string of the molecule is O=C(NCc1ccccc1)c1ccccc1NC(=S)Nc1ccc(SC(F)F)cc1. The van der Waals surface area contributed by atoms with Gasteiger partial charge in [0.1, 0.15) is 0 Å². The summed E-state index contributed by atoms with van der Waals surface area (Å²) in [6.07, 6.45) is 0. The van der Waals surface area contributed by atoms with Gasteiger partial charge in [-0.2, -0.15) is 8.78 Å². The fraction of sp³-hybridized carbons (Fsp3) is 0.0909. The summed E-state index contributed by atoms with van der Waals surface area (Å²) in [5, 5.41) is 9.18. The predicted molar refractivity (Wildman–Crippen MR) is 122 cm³/mol. The first-order chi connectivity index (χ1) is 14.5. The van der Waals surface area contributed by atoms with E-state index in [2.05, 4.69) is 16.0 Å². The van der Waals surface area contributed by atoms with Gasteiger partial charge in [0.2, 0.25) is 0 Å². The summed E-state index contributed by atoms with van der Waals surface area (Å²) in [4.78, 5) is 13.1. The number of amides is 1. The third-order valence-electron chi connectivity index (χ3n) is 4.05. The smallest absolute Gasteiger partial charge is 0.288 e. The Labute approximate surface area is 183 Å². The molecule has 0 bridgehead atoms. The van der Waals surface area contributed by atoms with Crippen molar-refractivity contribution in [2.75, 3.05) is 10.6 Å². The summed E-state index contributed by atoms with van der Waals surface area (Å²) in [6, 6.07) is 23.2. The monoisotopic (exact) mass is 443 g/mol. The first-order valence-electron chi connectivity index (χ1n) is 9.05. The van der Waals surface area contributed by atoms with Crippen LogP contribution in [0.15, 0.2) is 83.8 Å². The molecule has 0 aliphatic carbocycles. The van der Waals surface area contributed by atoms with E-state index < -0.39 is 5.76 Å². The van der Waals surface area contributed by atoms with Crippen molar-refractivity contribution < 1.29 is 13.6 Å². The topological polar surface area (TPSA) is 53.2 Å². The minimum absolute atomic E-state index is 0.224. The highest BCUT2D eigenvalue weighted by Gasteiger charge is 2.12. The Hall–Kier alpha value is -2.97. The number of thiocarbonyl (C=S) groups is 1. The Bertz CT molecular complexity index is 999. The standard InChI is InChI=1S/C22H19F2N3OS2/c23-21(24)30-17-12-10-16(11-13-17)26-22(29)27-19-9-5-4-8-18(19)20(28)25-14-15-6-2-1-3-7-15/h1-13,21H,14H2,(H,25,28)(H2,26,27,29). The molecule has 0 aromatic heterocycles. The average Bonchev–Trinajstić information content (AvgIpc) is 2.74. The first kappa shape index (κ1) is 21.7. The third kappa shape index (κ3) is 6.53. The molecule has 0 radical (unpaired) electrons. The Kier molecular flexibility index (Phi) is 7.75. The number of halogens is 2. The summed E-state index contributed by atoms with van der Waals surface area (Å²) >= 11 is 5.81. The largest absolute Gasteiger partial charge is 0.348 e. The number of rotatable bonds is 7. The zero-order valence-corrected chi connectivity index (χ0v) is 17.4. The van der Waals surface area contributed by atoms with Gasteiger partial charge in [0.15, 0.2) is 5.11 Å². The molecule has 0 unspecified atom stereocenters. The molecule has 3 N–H and O–H groups in total. The van der Waals surface area contributed by atoms with E-state index in [1.54, 1.807) is 48.5 Å². The van der Waals surface area contributed by atoms with Gasteiger partial charge in [0, 0.05) is 17.1 Å². The molecular formula is C22H19F2N3OS2. The van der Waals surface area contributed by atoms with Crippen LogP contribution in [0.1, 0.15) is 15.9 Å². The molecule has 3 aromatic rings. The van der Waals surface area contributed by atoms with Crippen molar-refractivity contribution in [3.63, 3.8) is 0 Å². The molecule has 3 rings (SSSR count). The van der Waals surface area contributed by atoms with Gasteiger partial charge in [-0.15, -0.1) is 0 Å². The lowest BCUT2D eigenvalue weighted by atomic mass is 10.1. The van der Waals surface area contributed by atoms with Crippen LogP contribution < -0.4 is 16.0 Å². The Morgan fingerprint density at radius 3 is 2.27 bits per heavy atom. The minimum Gasteiger partial charge on any atom is -0.348 e. The van der Waals surface area contributed by atoms with E-state index in [1.165, 1.54) is 0 Å². The molecular weight excluding hydrogens is 424 g/mol. The molecule has 4 nitrogen and oxygen atoms in total. The Balaban J connectivity index is 1.61. The van der Waals surface area contributed by atoms with Gasteiger partial charge in [0.05, 0.1) is 11.3 Å². The van der Waals surface area contributed by atoms with Gasteiger partial charge in [-0.25, -0.2) is 0 Å². The minimum atomic E-state index is -2.46. The van der Waals surface area contributed by atoms with E-state index in [0.29, 0.717) is 40.1 Å². The van der Waals surface area contributed by atoms with E-state index in [4.69, 9.17) is 12.2 Å². The van der Waals surface area contributed by atoms with Crippen molar-refractivity contribution in [2.45, 2.75) is 17.2 Å². The Morgan fingerprint density at radius 1 is 0.900 bits per heavy atom. The van der Waals surface area contributed by atoms with E-state index >= 15 is 0 Å². The maximum Gasteiger partial charge on any atom is 0.288 e. The van der Waals surface area contributed by atoms with Crippen LogP contribution >= 0.6 is 24.0 Å². The number of alkyl halides is 2. The summed E-state index contributed by atoms with van der Waals surface area (Å²) in [5.41, 5.74) is 2.67. The van der Waals surface area contributed by atoms with Crippen molar-refractivity contribution in [3.05, 3.63) is 90.0 Å². The van der Waals surface area contributed by atoms with Crippen LogP contribution in [0.2, 0.25) is 0 Å². The molecule has 0 atom stereocenters. The molecule has 0 saturated heterocycles. The number of para-hydroxylation sites is 1. The fourth-order valence-electron chi connectivity index (χ4n) is 2.67. The molecule has 154 valence electrons. The maximum absolute atomic E-state index is 12.6. The second-order valence-electron chi connectivity index (χ2n) is 6.20. The lowest BCUT2D eigenvalue weighted by Crippen LogP contribution is -2.26. The van der Waals surface area contributed by atoms with Gasteiger partial charge in [-0.3, -0.25) is 4.79 Å². The number of anilines is 2. The number of hydrogen-bond donors (Lipinski definition) is 3. The number of hydrogen-bond acceptors (Lipinski definition) is 3. The second kappa shape index (κ2) is 10.7. The molecule has 3 aromatic carbocycles. The molecule has 0 fully saturated rings. The van der Waals surface area contributed by atoms with Crippen molar-refractivity contribution in [2.24, 2.45) is 0 Å². The van der Waals surface area contributed by atoms with Gasteiger partial charge < -0.3 is 16.0 Å². The second-order valence-corrected chi connectivity index (χ2v) is 7.67. The van der Waals surface area contributed by atoms with E-state index in [9.17, 15) is 13.6 Å². The Morgan fingerprint density at radius 2 is 1.57 bits per heavy atom. The highest BCUT2D eigenvalue weighted by Crippen LogP contribution is 2.26. The lowest BCUT2D eigenvalue weighted by molar-refractivity contribution is 0.0951. The summed E-state index contributed by atoms with van der Waals surface area (Å²) in [7, 11) is 0. The van der Waals surface area contributed by atoms with Gasteiger partial charge in [-0.05, 0) is 54.2 Å². The van der Waals surface area contributed by atoms with Gasteiger partial charge in [-0.1, -0.05) is 54.2 Å². The van der Waals surface area contributed by atoms with Gasteiger partial charge in [0.25, 0.3) is 11.7 Å². The predicted octanol–water partition coefficient (Wildman–Crippen LogP) is 5.74. The molecule has 0 saturated carbocycles. The number of nitrogens with one attached hydrogen (secondary N) is 3. The third-order valence-corrected chi connectivity index (χ3v) is 4.98. The molecule has 0 heterocycles.